The predicted molar refractivity (Wildman–Crippen MR) is 83.8 cm³/mol. The van der Waals surface area contributed by atoms with Crippen LogP contribution in [-0.2, 0) is 20.9 Å². The zero-order chi connectivity index (χ0) is 17.4. The van der Waals surface area contributed by atoms with Crippen molar-refractivity contribution in [2.24, 2.45) is 0 Å². The van der Waals surface area contributed by atoms with E-state index in [0.29, 0.717) is 16.5 Å². The van der Waals surface area contributed by atoms with Crippen LogP contribution >= 0.6 is 11.6 Å². The van der Waals surface area contributed by atoms with Crippen LogP contribution in [-0.4, -0.2) is 24.3 Å². The Morgan fingerprint density at radius 3 is 2.62 bits per heavy atom. The van der Waals surface area contributed by atoms with Crippen molar-refractivity contribution in [1.82, 2.24) is 16.2 Å². The molecule has 0 saturated carbocycles. The SMILES string of the molecule is O=C(COc1cccc(Cl)c1)NNC(=O)C(=O)NCc1ccco1. The van der Waals surface area contributed by atoms with Crippen molar-refractivity contribution in [3.63, 3.8) is 0 Å². The van der Waals surface area contributed by atoms with Crippen molar-refractivity contribution in [3.8, 4) is 5.75 Å². The smallest absolute Gasteiger partial charge is 0.327 e. The van der Waals surface area contributed by atoms with Gasteiger partial charge in [0.25, 0.3) is 5.91 Å². The summed E-state index contributed by atoms with van der Waals surface area (Å²) >= 11 is 5.78. The van der Waals surface area contributed by atoms with Gasteiger partial charge in [0.05, 0.1) is 12.8 Å². The van der Waals surface area contributed by atoms with Gasteiger partial charge in [0.1, 0.15) is 11.5 Å². The highest BCUT2D eigenvalue weighted by atomic mass is 35.5. The molecule has 0 fully saturated rings. The van der Waals surface area contributed by atoms with E-state index in [1.807, 2.05) is 5.43 Å². The van der Waals surface area contributed by atoms with Crippen LogP contribution in [0.2, 0.25) is 5.02 Å². The Bertz CT molecular complexity index is 718. The maximum Gasteiger partial charge on any atom is 0.327 e. The first-order chi connectivity index (χ1) is 11.5. The third-order valence-electron chi connectivity index (χ3n) is 2.69. The van der Waals surface area contributed by atoms with Crippen molar-refractivity contribution < 1.29 is 23.5 Å². The van der Waals surface area contributed by atoms with Crippen LogP contribution in [0.1, 0.15) is 5.76 Å². The molecule has 0 atom stereocenters. The summed E-state index contributed by atoms with van der Waals surface area (Å²) in [6.07, 6.45) is 1.45. The molecule has 0 bridgehead atoms. The monoisotopic (exact) mass is 351 g/mol. The molecule has 3 amide bonds. The largest absolute Gasteiger partial charge is 0.484 e. The van der Waals surface area contributed by atoms with Crippen LogP contribution in [0, 0.1) is 0 Å². The van der Waals surface area contributed by atoms with Gasteiger partial charge in [0.15, 0.2) is 6.61 Å². The van der Waals surface area contributed by atoms with Gasteiger partial charge in [-0.2, -0.15) is 0 Å². The van der Waals surface area contributed by atoms with Gasteiger partial charge < -0.3 is 14.5 Å². The molecule has 0 radical (unpaired) electrons. The number of hydrazine groups is 1. The minimum absolute atomic E-state index is 0.0606. The third kappa shape index (κ3) is 5.65. The van der Waals surface area contributed by atoms with Gasteiger partial charge in [0.2, 0.25) is 0 Å². The second-order valence-electron chi connectivity index (χ2n) is 4.51. The van der Waals surface area contributed by atoms with E-state index < -0.39 is 17.7 Å². The third-order valence-corrected chi connectivity index (χ3v) is 2.93. The van der Waals surface area contributed by atoms with Gasteiger partial charge in [0, 0.05) is 5.02 Å². The molecule has 126 valence electrons. The van der Waals surface area contributed by atoms with E-state index in [2.05, 4.69) is 10.7 Å². The Morgan fingerprint density at radius 1 is 1.08 bits per heavy atom. The molecular weight excluding hydrogens is 338 g/mol. The number of benzene rings is 1. The lowest BCUT2D eigenvalue weighted by atomic mass is 10.3. The van der Waals surface area contributed by atoms with Crippen molar-refractivity contribution in [2.75, 3.05) is 6.61 Å². The van der Waals surface area contributed by atoms with Gasteiger partial charge in [-0.3, -0.25) is 25.2 Å². The molecule has 0 unspecified atom stereocenters. The molecule has 1 aromatic carbocycles. The van der Waals surface area contributed by atoms with Crippen LogP contribution in [0.3, 0.4) is 0 Å². The molecule has 0 aliphatic carbocycles. The molecule has 2 aromatic rings. The van der Waals surface area contributed by atoms with Gasteiger partial charge in [-0.25, -0.2) is 0 Å². The quantitative estimate of drug-likeness (QED) is 0.544. The number of hydrogen-bond acceptors (Lipinski definition) is 5. The highest BCUT2D eigenvalue weighted by Gasteiger charge is 2.14. The molecule has 0 aliphatic rings. The summed E-state index contributed by atoms with van der Waals surface area (Å²) in [5.74, 6) is -1.67. The number of halogens is 1. The van der Waals surface area contributed by atoms with E-state index >= 15 is 0 Å². The molecule has 1 aromatic heterocycles. The van der Waals surface area contributed by atoms with Crippen LogP contribution < -0.4 is 20.9 Å². The van der Waals surface area contributed by atoms with Crippen molar-refractivity contribution in [2.45, 2.75) is 6.54 Å². The van der Waals surface area contributed by atoms with Crippen LogP contribution in [0.5, 0.6) is 5.75 Å². The molecule has 0 aliphatic heterocycles. The highest BCUT2D eigenvalue weighted by Crippen LogP contribution is 2.16. The molecule has 2 rings (SSSR count). The first-order valence-electron chi connectivity index (χ1n) is 6.82. The zero-order valence-corrected chi connectivity index (χ0v) is 13.1. The number of ether oxygens (including phenoxy) is 1. The Balaban J connectivity index is 1.66. The summed E-state index contributed by atoms with van der Waals surface area (Å²) in [4.78, 5) is 34.5. The average molecular weight is 352 g/mol. The number of nitrogens with one attached hydrogen (secondary N) is 3. The number of carbonyl (C=O) groups is 3. The highest BCUT2D eigenvalue weighted by molar-refractivity contribution is 6.35. The van der Waals surface area contributed by atoms with E-state index in [1.165, 1.54) is 12.3 Å². The van der Waals surface area contributed by atoms with E-state index in [0.717, 1.165) is 0 Å². The summed E-state index contributed by atoms with van der Waals surface area (Å²) in [5, 5.41) is 2.80. The zero-order valence-electron chi connectivity index (χ0n) is 12.4. The van der Waals surface area contributed by atoms with Gasteiger partial charge in [-0.15, -0.1) is 0 Å². The van der Waals surface area contributed by atoms with Crippen molar-refractivity contribution >= 4 is 29.3 Å². The first kappa shape index (κ1) is 17.4. The van der Waals surface area contributed by atoms with E-state index in [1.54, 1.807) is 30.3 Å². The lowest BCUT2D eigenvalue weighted by Crippen LogP contribution is -2.49. The maximum atomic E-state index is 11.5. The second kappa shape index (κ2) is 8.59. The Labute approximate surface area is 142 Å². The first-order valence-corrected chi connectivity index (χ1v) is 7.20. The summed E-state index contributed by atoms with van der Waals surface area (Å²) in [7, 11) is 0. The topological polar surface area (TPSA) is 110 Å². The maximum absolute atomic E-state index is 11.5. The van der Waals surface area contributed by atoms with E-state index in [4.69, 9.17) is 20.8 Å². The Morgan fingerprint density at radius 2 is 1.92 bits per heavy atom. The number of carbonyl (C=O) groups excluding carboxylic acids is 3. The molecular formula is C15H14ClN3O5. The van der Waals surface area contributed by atoms with Gasteiger partial charge in [-0.05, 0) is 30.3 Å². The van der Waals surface area contributed by atoms with E-state index in [9.17, 15) is 14.4 Å². The summed E-state index contributed by atoms with van der Waals surface area (Å²) in [6, 6.07) is 9.79. The molecule has 8 nitrogen and oxygen atoms in total. The Hall–Kier alpha value is -3.00. The lowest BCUT2D eigenvalue weighted by Gasteiger charge is -2.09. The fourth-order valence-electron chi connectivity index (χ4n) is 1.59. The summed E-state index contributed by atoms with van der Waals surface area (Å²) in [6.45, 7) is -0.292. The summed E-state index contributed by atoms with van der Waals surface area (Å²) in [5.41, 5.74) is 4.03. The van der Waals surface area contributed by atoms with Crippen molar-refractivity contribution in [1.29, 1.82) is 0 Å². The minimum atomic E-state index is -1.02. The average Bonchev–Trinajstić information content (AvgIpc) is 3.09. The number of amides is 3. The van der Waals surface area contributed by atoms with Gasteiger partial charge in [-0.1, -0.05) is 17.7 Å². The van der Waals surface area contributed by atoms with Crippen molar-refractivity contribution in [3.05, 3.63) is 53.4 Å². The number of hydrogen-bond donors (Lipinski definition) is 3. The molecule has 24 heavy (non-hydrogen) atoms. The van der Waals surface area contributed by atoms with Gasteiger partial charge >= 0.3 is 11.8 Å². The lowest BCUT2D eigenvalue weighted by molar-refractivity contribution is -0.141. The molecule has 9 heteroatoms. The molecule has 0 saturated heterocycles. The second-order valence-corrected chi connectivity index (χ2v) is 4.95. The number of rotatable bonds is 5. The molecule has 0 spiro atoms. The predicted octanol–water partition coefficient (Wildman–Crippen LogP) is 0.776. The standard InChI is InChI=1S/C15H14ClN3O5/c16-10-3-1-4-11(7-10)24-9-13(20)18-19-15(22)14(21)17-8-12-5-2-6-23-12/h1-7H,8-9H2,(H,17,21)(H,18,20)(H,19,22). The van der Waals surface area contributed by atoms with Crippen LogP contribution in [0.25, 0.3) is 0 Å². The fourth-order valence-corrected chi connectivity index (χ4v) is 1.77. The van der Waals surface area contributed by atoms with E-state index in [-0.39, 0.29) is 13.2 Å². The van der Waals surface area contributed by atoms with Crippen LogP contribution in [0.4, 0.5) is 0 Å². The minimum Gasteiger partial charge on any atom is -0.484 e. The molecule has 3 N–H and O–H groups in total. The molecule has 1 heterocycles. The van der Waals surface area contributed by atoms with Crippen LogP contribution in [0.15, 0.2) is 47.1 Å². The normalized spacial score (nSPS) is 9.88. The number of furan rings is 1. The summed E-state index contributed by atoms with van der Waals surface area (Å²) < 4.78 is 10.2. The fraction of sp³-hybridized carbons (Fsp3) is 0.133. The Kier molecular flexibility index (Phi) is 6.21.